The second-order valence-electron chi connectivity index (χ2n) is 5.60. The number of hydrogen-bond donors (Lipinski definition) is 1. The Kier molecular flexibility index (Phi) is 4.37. The van der Waals surface area contributed by atoms with Gasteiger partial charge in [-0.2, -0.15) is 5.10 Å². The summed E-state index contributed by atoms with van der Waals surface area (Å²) in [7, 11) is 0. The third kappa shape index (κ3) is 3.08. The minimum Gasteiger partial charge on any atom is -0.352 e. The summed E-state index contributed by atoms with van der Waals surface area (Å²) < 4.78 is 1.72. The Morgan fingerprint density at radius 1 is 1.22 bits per heavy atom. The number of hydrogen-bond acceptors (Lipinski definition) is 3. The van der Waals surface area contributed by atoms with Crippen molar-refractivity contribution in [3.8, 4) is 11.3 Å². The van der Waals surface area contributed by atoms with Crippen LogP contribution < -0.4 is 5.32 Å². The fourth-order valence-electron chi connectivity index (χ4n) is 2.47. The highest BCUT2D eigenvalue weighted by Gasteiger charge is 2.15. The van der Waals surface area contributed by atoms with Crippen LogP contribution in [0.25, 0.3) is 16.9 Å². The third-order valence-electron chi connectivity index (χ3n) is 3.81. The van der Waals surface area contributed by atoms with E-state index >= 15 is 0 Å². The maximum Gasteiger partial charge on any atom is 0.256 e. The molecule has 0 bridgehead atoms. The zero-order valence-corrected chi connectivity index (χ0v) is 13.4. The van der Waals surface area contributed by atoms with E-state index in [4.69, 9.17) is 0 Å². The van der Waals surface area contributed by atoms with Gasteiger partial charge in [-0.3, -0.25) is 4.79 Å². The van der Waals surface area contributed by atoms with E-state index in [1.54, 1.807) is 16.9 Å². The number of aromatic nitrogens is 3. The highest BCUT2D eigenvalue weighted by atomic mass is 16.1. The molecular formula is C18H20N4O. The number of carbonyl (C=O) groups excluding carboxylic acids is 1. The van der Waals surface area contributed by atoms with Crippen molar-refractivity contribution in [3.63, 3.8) is 0 Å². The van der Waals surface area contributed by atoms with Crippen molar-refractivity contribution in [2.75, 3.05) is 6.54 Å². The van der Waals surface area contributed by atoms with Gasteiger partial charge in [0.05, 0.1) is 11.9 Å². The summed E-state index contributed by atoms with van der Waals surface area (Å²) in [5.74, 6) is -0.123. The summed E-state index contributed by atoms with van der Waals surface area (Å²) in [5, 5.41) is 7.27. The van der Waals surface area contributed by atoms with E-state index in [0.717, 1.165) is 24.1 Å². The van der Waals surface area contributed by atoms with Crippen molar-refractivity contribution < 1.29 is 4.79 Å². The molecule has 0 aliphatic rings. The van der Waals surface area contributed by atoms with Crippen molar-refractivity contribution in [2.45, 2.75) is 26.7 Å². The molecule has 0 fully saturated rings. The average Bonchev–Trinajstić information content (AvgIpc) is 3.00. The highest BCUT2D eigenvalue weighted by molar-refractivity contribution is 5.99. The lowest BCUT2D eigenvalue weighted by atomic mass is 10.1. The van der Waals surface area contributed by atoms with Gasteiger partial charge in [0.1, 0.15) is 5.56 Å². The molecule has 0 spiro atoms. The predicted octanol–water partition coefficient (Wildman–Crippen LogP) is 3.23. The summed E-state index contributed by atoms with van der Waals surface area (Å²) in [6, 6.07) is 10.1. The van der Waals surface area contributed by atoms with Crippen molar-refractivity contribution in [2.24, 2.45) is 0 Å². The van der Waals surface area contributed by atoms with E-state index in [0.29, 0.717) is 17.8 Å². The van der Waals surface area contributed by atoms with E-state index in [9.17, 15) is 4.79 Å². The molecule has 23 heavy (non-hydrogen) atoms. The summed E-state index contributed by atoms with van der Waals surface area (Å²) in [4.78, 5) is 16.6. The molecule has 0 saturated carbocycles. The Balaban J connectivity index is 1.97. The standard InChI is InChI=1S/C18H20N4O/c1-3-4-10-20-18(23)15-12-21-22-16(9-11-19-17(15)22)14-7-5-13(2)6-8-14/h5-9,11-12H,3-4,10H2,1-2H3,(H,20,23). The number of nitrogens with one attached hydrogen (secondary N) is 1. The molecule has 2 heterocycles. The molecule has 3 aromatic rings. The Morgan fingerprint density at radius 2 is 2.00 bits per heavy atom. The Bertz CT molecular complexity index is 821. The monoisotopic (exact) mass is 308 g/mol. The average molecular weight is 308 g/mol. The van der Waals surface area contributed by atoms with E-state index < -0.39 is 0 Å². The van der Waals surface area contributed by atoms with Crippen molar-refractivity contribution in [1.82, 2.24) is 19.9 Å². The third-order valence-corrected chi connectivity index (χ3v) is 3.81. The Morgan fingerprint density at radius 3 is 2.74 bits per heavy atom. The SMILES string of the molecule is CCCCNC(=O)c1cnn2c(-c3ccc(C)cc3)ccnc12. The van der Waals surface area contributed by atoms with Gasteiger partial charge in [-0.15, -0.1) is 0 Å². The summed E-state index contributed by atoms with van der Waals surface area (Å²) >= 11 is 0. The van der Waals surface area contributed by atoms with Crippen LogP contribution in [0.2, 0.25) is 0 Å². The first kappa shape index (κ1) is 15.2. The molecule has 3 rings (SSSR count). The maximum atomic E-state index is 12.3. The van der Waals surface area contributed by atoms with Gasteiger partial charge in [-0.05, 0) is 19.4 Å². The molecular weight excluding hydrogens is 288 g/mol. The predicted molar refractivity (Wildman–Crippen MR) is 90.4 cm³/mol. The molecule has 5 nitrogen and oxygen atoms in total. The number of nitrogens with zero attached hydrogens (tertiary/aromatic N) is 3. The molecule has 0 aliphatic carbocycles. The number of amides is 1. The van der Waals surface area contributed by atoms with Crippen LogP contribution in [0, 0.1) is 6.92 Å². The van der Waals surface area contributed by atoms with Gasteiger partial charge in [0.2, 0.25) is 0 Å². The van der Waals surface area contributed by atoms with Gasteiger partial charge in [0.15, 0.2) is 5.65 Å². The van der Waals surface area contributed by atoms with Crippen LogP contribution in [0.3, 0.4) is 0 Å². The number of unbranched alkanes of at least 4 members (excludes halogenated alkanes) is 1. The first-order valence-electron chi connectivity index (χ1n) is 7.88. The second kappa shape index (κ2) is 6.60. The van der Waals surface area contributed by atoms with Crippen molar-refractivity contribution in [1.29, 1.82) is 0 Å². The van der Waals surface area contributed by atoms with E-state index in [1.165, 1.54) is 5.56 Å². The van der Waals surface area contributed by atoms with Gasteiger partial charge in [0.25, 0.3) is 5.91 Å². The highest BCUT2D eigenvalue weighted by Crippen LogP contribution is 2.21. The fourth-order valence-corrected chi connectivity index (χ4v) is 2.47. The van der Waals surface area contributed by atoms with Gasteiger partial charge in [-0.1, -0.05) is 43.2 Å². The van der Waals surface area contributed by atoms with Crippen molar-refractivity contribution >= 4 is 11.6 Å². The Labute approximate surface area is 135 Å². The first-order valence-corrected chi connectivity index (χ1v) is 7.88. The minimum atomic E-state index is -0.123. The van der Waals surface area contributed by atoms with E-state index in [2.05, 4.69) is 41.4 Å². The number of fused-ring (bicyclic) bond motifs is 1. The lowest BCUT2D eigenvalue weighted by Crippen LogP contribution is -2.24. The quantitative estimate of drug-likeness (QED) is 0.736. The molecule has 1 aromatic carbocycles. The van der Waals surface area contributed by atoms with Crippen LogP contribution in [0.4, 0.5) is 0 Å². The normalized spacial score (nSPS) is 10.9. The zero-order valence-electron chi connectivity index (χ0n) is 13.4. The number of carbonyl (C=O) groups is 1. The summed E-state index contributed by atoms with van der Waals surface area (Å²) in [6.07, 6.45) is 5.31. The molecule has 0 atom stereocenters. The molecule has 1 amide bonds. The fraction of sp³-hybridized carbons (Fsp3) is 0.278. The Hall–Kier alpha value is -2.69. The van der Waals surface area contributed by atoms with E-state index in [1.807, 2.05) is 18.2 Å². The van der Waals surface area contributed by atoms with Crippen LogP contribution in [0.5, 0.6) is 0 Å². The molecule has 5 heteroatoms. The largest absolute Gasteiger partial charge is 0.352 e. The summed E-state index contributed by atoms with van der Waals surface area (Å²) in [6.45, 7) is 4.82. The topological polar surface area (TPSA) is 59.3 Å². The number of rotatable bonds is 5. The van der Waals surface area contributed by atoms with Gasteiger partial charge in [-0.25, -0.2) is 9.50 Å². The second-order valence-corrected chi connectivity index (χ2v) is 5.60. The zero-order chi connectivity index (χ0) is 16.2. The van der Waals surface area contributed by atoms with Gasteiger partial charge >= 0.3 is 0 Å². The maximum absolute atomic E-state index is 12.3. The van der Waals surface area contributed by atoms with Crippen LogP contribution in [-0.4, -0.2) is 27.0 Å². The molecule has 0 unspecified atom stereocenters. The van der Waals surface area contributed by atoms with Crippen molar-refractivity contribution in [3.05, 3.63) is 53.9 Å². The lowest BCUT2D eigenvalue weighted by Gasteiger charge is -2.06. The minimum absolute atomic E-state index is 0.123. The first-order chi connectivity index (χ1) is 11.2. The number of benzene rings is 1. The molecule has 1 N–H and O–H groups in total. The lowest BCUT2D eigenvalue weighted by molar-refractivity contribution is 0.0954. The molecule has 0 aliphatic heterocycles. The molecule has 118 valence electrons. The van der Waals surface area contributed by atoms with E-state index in [-0.39, 0.29) is 5.91 Å². The van der Waals surface area contributed by atoms with Crippen LogP contribution in [0.15, 0.2) is 42.7 Å². The van der Waals surface area contributed by atoms with Crippen LogP contribution >= 0.6 is 0 Å². The van der Waals surface area contributed by atoms with Crippen LogP contribution in [-0.2, 0) is 0 Å². The smallest absolute Gasteiger partial charge is 0.256 e. The number of aryl methyl sites for hydroxylation is 1. The summed E-state index contributed by atoms with van der Waals surface area (Å²) in [5.41, 5.74) is 4.26. The molecule has 0 saturated heterocycles. The molecule has 0 radical (unpaired) electrons. The van der Waals surface area contributed by atoms with Gasteiger partial charge in [0, 0.05) is 18.3 Å². The van der Waals surface area contributed by atoms with Crippen LogP contribution in [0.1, 0.15) is 35.7 Å². The molecule has 2 aromatic heterocycles. The van der Waals surface area contributed by atoms with Gasteiger partial charge < -0.3 is 5.32 Å².